The van der Waals surface area contributed by atoms with Crippen LogP contribution in [0.15, 0.2) is 18.3 Å². The van der Waals surface area contributed by atoms with Crippen LogP contribution < -0.4 is 11.1 Å². The van der Waals surface area contributed by atoms with Crippen LogP contribution in [0, 0.1) is 16.7 Å². The van der Waals surface area contributed by atoms with Crippen LogP contribution in [0.3, 0.4) is 0 Å². The molecule has 3 N–H and O–H groups in total. The molecular formula is C20H27N3O. The number of fused-ring (bicyclic) bond motifs is 1. The summed E-state index contributed by atoms with van der Waals surface area (Å²) in [6.07, 6.45) is 12.3. The summed E-state index contributed by atoms with van der Waals surface area (Å²) in [5, 5.41) is 3.11. The minimum atomic E-state index is 0.0161. The smallest absolute Gasteiger partial charge is 0.252 e. The maximum absolute atomic E-state index is 12.3. The lowest BCUT2D eigenvalue weighted by Gasteiger charge is -2.40. The molecule has 1 aromatic heterocycles. The van der Waals surface area contributed by atoms with E-state index in [-0.39, 0.29) is 11.3 Å². The zero-order valence-electron chi connectivity index (χ0n) is 14.3. The SMILES string of the molecule is NCC1(c2ccc(C(=O)NCC3CC4(C3)CC43CC3)cn2)CCC1. The van der Waals surface area contributed by atoms with Crippen LogP contribution in [0.25, 0.3) is 0 Å². The number of hydrogen-bond acceptors (Lipinski definition) is 3. The Kier molecular flexibility index (Phi) is 2.98. The standard InChI is InChI=1S/C20H27N3O/c21-13-18(4-1-5-18)16-3-2-15(11-22-16)17(24)23-10-14-8-20(9-14)12-19(20)6-7-19/h2-3,11,14H,1,4-10,12-13,21H2,(H,23,24). The fourth-order valence-corrected chi connectivity index (χ4v) is 5.58. The second-order valence-electron chi connectivity index (χ2n) is 8.99. The van der Waals surface area contributed by atoms with Gasteiger partial charge in [0.1, 0.15) is 0 Å². The lowest BCUT2D eigenvalue weighted by Crippen LogP contribution is -2.42. The van der Waals surface area contributed by atoms with Crippen molar-refractivity contribution in [1.29, 1.82) is 0 Å². The van der Waals surface area contributed by atoms with Crippen molar-refractivity contribution >= 4 is 5.91 Å². The zero-order chi connectivity index (χ0) is 16.4. The number of carbonyl (C=O) groups is 1. The Bertz CT molecular complexity index is 661. The summed E-state index contributed by atoms with van der Waals surface area (Å²) in [7, 11) is 0. The number of carbonyl (C=O) groups excluding carboxylic acids is 1. The van der Waals surface area contributed by atoms with Gasteiger partial charge < -0.3 is 11.1 Å². The van der Waals surface area contributed by atoms with Gasteiger partial charge in [-0.2, -0.15) is 0 Å². The number of nitrogens with one attached hydrogen (secondary N) is 1. The Morgan fingerprint density at radius 1 is 1.21 bits per heavy atom. The van der Waals surface area contributed by atoms with Gasteiger partial charge in [-0.05, 0) is 73.8 Å². The molecule has 4 aliphatic rings. The predicted molar refractivity (Wildman–Crippen MR) is 92.6 cm³/mol. The van der Waals surface area contributed by atoms with E-state index in [1.807, 2.05) is 12.1 Å². The van der Waals surface area contributed by atoms with E-state index in [9.17, 15) is 4.79 Å². The highest BCUT2D eigenvalue weighted by molar-refractivity contribution is 5.93. The second-order valence-corrected chi connectivity index (χ2v) is 8.99. The van der Waals surface area contributed by atoms with Crippen LogP contribution in [-0.4, -0.2) is 24.0 Å². The van der Waals surface area contributed by atoms with Gasteiger partial charge in [0.05, 0.1) is 5.56 Å². The van der Waals surface area contributed by atoms with Gasteiger partial charge >= 0.3 is 0 Å². The fourth-order valence-electron chi connectivity index (χ4n) is 5.58. The van der Waals surface area contributed by atoms with Crippen LogP contribution in [-0.2, 0) is 5.41 Å². The molecule has 1 aromatic rings. The Labute approximate surface area is 143 Å². The molecule has 0 unspecified atom stereocenters. The molecule has 4 aliphatic carbocycles. The Hall–Kier alpha value is -1.42. The van der Waals surface area contributed by atoms with Crippen LogP contribution in [0.1, 0.15) is 67.4 Å². The molecule has 0 radical (unpaired) electrons. The molecule has 4 saturated carbocycles. The van der Waals surface area contributed by atoms with Gasteiger partial charge in [-0.15, -0.1) is 0 Å². The normalized spacial score (nSPS) is 33.6. The van der Waals surface area contributed by atoms with Crippen LogP contribution in [0.5, 0.6) is 0 Å². The summed E-state index contributed by atoms with van der Waals surface area (Å²) >= 11 is 0. The average Bonchev–Trinajstić information content (AvgIpc) is 3.43. The van der Waals surface area contributed by atoms with Gasteiger partial charge in [-0.3, -0.25) is 9.78 Å². The fraction of sp³-hybridized carbons (Fsp3) is 0.700. The predicted octanol–water partition coefficient (Wildman–Crippen LogP) is 2.77. The first-order valence-electron chi connectivity index (χ1n) is 9.55. The van der Waals surface area contributed by atoms with Crippen LogP contribution in [0.2, 0.25) is 0 Å². The van der Waals surface area contributed by atoms with E-state index < -0.39 is 0 Å². The number of nitrogens with two attached hydrogens (primary N) is 1. The Morgan fingerprint density at radius 3 is 2.50 bits per heavy atom. The monoisotopic (exact) mass is 325 g/mol. The summed E-state index contributed by atoms with van der Waals surface area (Å²) in [5.41, 5.74) is 9.22. The van der Waals surface area contributed by atoms with Crippen molar-refractivity contribution in [1.82, 2.24) is 10.3 Å². The quantitative estimate of drug-likeness (QED) is 0.875. The number of amides is 1. The molecule has 2 spiro atoms. The summed E-state index contributed by atoms with van der Waals surface area (Å²) in [6, 6.07) is 3.91. The molecule has 5 rings (SSSR count). The molecule has 24 heavy (non-hydrogen) atoms. The third-order valence-electron chi connectivity index (χ3n) is 7.71. The van der Waals surface area contributed by atoms with Gasteiger partial charge in [0.2, 0.25) is 0 Å². The molecule has 128 valence electrons. The number of nitrogens with zero attached hydrogens (tertiary/aromatic N) is 1. The minimum absolute atomic E-state index is 0.0161. The lowest BCUT2D eigenvalue weighted by molar-refractivity contribution is 0.0900. The van der Waals surface area contributed by atoms with E-state index in [2.05, 4.69) is 10.3 Å². The van der Waals surface area contributed by atoms with E-state index in [1.54, 1.807) is 6.20 Å². The highest BCUT2D eigenvalue weighted by Gasteiger charge is 2.76. The first kappa shape index (κ1) is 14.9. The van der Waals surface area contributed by atoms with Gasteiger partial charge in [0, 0.05) is 30.4 Å². The third-order valence-corrected chi connectivity index (χ3v) is 7.71. The molecule has 4 heteroatoms. The maximum Gasteiger partial charge on any atom is 0.252 e. The van der Waals surface area contributed by atoms with Gasteiger partial charge in [0.15, 0.2) is 0 Å². The van der Waals surface area contributed by atoms with Crippen LogP contribution in [0.4, 0.5) is 0 Å². The first-order chi connectivity index (χ1) is 11.6. The summed E-state index contributed by atoms with van der Waals surface area (Å²) in [5.74, 6) is 0.707. The minimum Gasteiger partial charge on any atom is -0.352 e. The molecule has 0 saturated heterocycles. The summed E-state index contributed by atoms with van der Waals surface area (Å²) in [4.78, 5) is 16.9. The first-order valence-corrected chi connectivity index (χ1v) is 9.55. The van der Waals surface area contributed by atoms with E-state index in [0.717, 1.165) is 30.5 Å². The number of pyridine rings is 1. The zero-order valence-corrected chi connectivity index (χ0v) is 14.3. The van der Waals surface area contributed by atoms with Gasteiger partial charge in [-0.25, -0.2) is 0 Å². The van der Waals surface area contributed by atoms with Gasteiger partial charge in [0.25, 0.3) is 5.91 Å². The van der Waals surface area contributed by atoms with Crippen molar-refractivity contribution < 1.29 is 4.79 Å². The average molecular weight is 325 g/mol. The number of hydrogen-bond donors (Lipinski definition) is 2. The molecule has 0 aromatic carbocycles. The van der Waals surface area contributed by atoms with E-state index in [1.165, 1.54) is 38.5 Å². The summed E-state index contributed by atoms with van der Waals surface area (Å²) in [6.45, 7) is 1.47. The highest BCUT2D eigenvalue weighted by atomic mass is 16.1. The van der Waals surface area contributed by atoms with Crippen molar-refractivity contribution in [2.75, 3.05) is 13.1 Å². The van der Waals surface area contributed by atoms with Crippen molar-refractivity contribution in [3.05, 3.63) is 29.6 Å². The van der Waals surface area contributed by atoms with Crippen LogP contribution >= 0.6 is 0 Å². The topological polar surface area (TPSA) is 68.0 Å². The van der Waals surface area contributed by atoms with Crippen molar-refractivity contribution in [2.24, 2.45) is 22.5 Å². The largest absolute Gasteiger partial charge is 0.352 e. The summed E-state index contributed by atoms with van der Waals surface area (Å²) < 4.78 is 0. The second kappa shape index (κ2) is 4.81. The molecule has 0 aliphatic heterocycles. The van der Waals surface area contributed by atoms with E-state index >= 15 is 0 Å². The molecular weight excluding hydrogens is 298 g/mol. The van der Waals surface area contributed by atoms with Gasteiger partial charge in [-0.1, -0.05) is 6.42 Å². The number of rotatable bonds is 5. The highest BCUT2D eigenvalue weighted by Crippen LogP contribution is 2.86. The molecule has 4 nitrogen and oxygen atoms in total. The molecule has 4 fully saturated rings. The van der Waals surface area contributed by atoms with E-state index in [4.69, 9.17) is 5.73 Å². The molecule has 1 heterocycles. The Balaban J connectivity index is 1.15. The van der Waals surface area contributed by atoms with Crippen molar-refractivity contribution in [2.45, 2.75) is 56.8 Å². The lowest BCUT2D eigenvalue weighted by atomic mass is 9.66. The molecule has 0 atom stereocenters. The molecule has 0 bridgehead atoms. The molecule has 1 amide bonds. The Morgan fingerprint density at radius 2 is 2.00 bits per heavy atom. The van der Waals surface area contributed by atoms with Crippen molar-refractivity contribution in [3.63, 3.8) is 0 Å². The maximum atomic E-state index is 12.3. The third kappa shape index (κ3) is 2.01. The number of aromatic nitrogens is 1. The van der Waals surface area contributed by atoms with Crippen molar-refractivity contribution in [3.8, 4) is 0 Å². The van der Waals surface area contributed by atoms with E-state index in [0.29, 0.717) is 23.4 Å².